The van der Waals surface area contributed by atoms with Crippen LogP contribution in [0, 0.1) is 0 Å². The number of aromatic nitrogens is 5. The lowest BCUT2D eigenvalue weighted by Crippen LogP contribution is -2.04. The summed E-state index contributed by atoms with van der Waals surface area (Å²) < 4.78 is 1.60. The van der Waals surface area contributed by atoms with Crippen LogP contribution in [0.4, 0.5) is 5.69 Å². The van der Waals surface area contributed by atoms with Crippen LogP contribution in [0.25, 0.3) is 16.9 Å². The van der Waals surface area contributed by atoms with Crippen LogP contribution in [0.2, 0.25) is 0 Å². The van der Waals surface area contributed by atoms with Gasteiger partial charge in [-0.05, 0) is 12.1 Å². The summed E-state index contributed by atoms with van der Waals surface area (Å²) in [5.74, 6) is 0.545. The molecule has 3 rings (SSSR count). The van der Waals surface area contributed by atoms with Gasteiger partial charge in [-0.2, -0.15) is 4.68 Å². The van der Waals surface area contributed by atoms with Crippen LogP contribution in [0.15, 0.2) is 36.8 Å². The van der Waals surface area contributed by atoms with Gasteiger partial charge in [0.15, 0.2) is 5.82 Å². The van der Waals surface area contributed by atoms with Gasteiger partial charge in [0.1, 0.15) is 11.8 Å². The Bertz CT molecular complexity index is 644. The Balaban J connectivity index is 2.31. The van der Waals surface area contributed by atoms with Gasteiger partial charge in [0.05, 0.1) is 17.4 Å². The van der Waals surface area contributed by atoms with Crippen molar-refractivity contribution in [1.29, 1.82) is 0 Å². The van der Waals surface area contributed by atoms with Crippen molar-refractivity contribution in [2.24, 2.45) is 0 Å². The number of rotatable bonds is 1. The fourth-order valence-corrected chi connectivity index (χ4v) is 1.54. The molecule has 0 spiro atoms. The van der Waals surface area contributed by atoms with Crippen molar-refractivity contribution in [3.05, 3.63) is 36.8 Å². The lowest BCUT2D eigenvalue weighted by Gasteiger charge is -2.02. The van der Waals surface area contributed by atoms with E-state index in [1.807, 2.05) is 24.3 Å². The normalized spacial score (nSPS) is 10.8. The summed E-state index contributed by atoms with van der Waals surface area (Å²) in [4.78, 5) is 7.93. The second-order valence-corrected chi connectivity index (χ2v) is 3.29. The number of hydrogen-bond acceptors (Lipinski definition) is 5. The number of fused-ring (bicyclic) bond motifs is 1. The molecule has 6 heteroatoms. The van der Waals surface area contributed by atoms with Crippen LogP contribution in [-0.4, -0.2) is 25.0 Å². The third kappa shape index (κ3) is 1.20. The Kier molecular flexibility index (Phi) is 1.79. The first kappa shape index (κ1) is 8.78. The van der Waals surface area contributed by atoms with Crippen molar-refractivity contribution in [2.45, 2.75) is 0 Å². The van der Waals surface area contributed by atoms with E-state index in [1.165, 1.54) is 6.33 Å². The first-order valence-corrected chi connectivity index (χ1v) is 4.72. The maximum absolute atomic E-state index is 5.79. The quantitative estimate of drug-likeness (QED) is 0.644. The molecule has 16 heavy (non-hydrogen) atoms. The molecule has 0 aliphatic rings. The Morgan fingerprint density at radius 1 is 1.19 bits per heavy atom. The topological polar surface area (TPSA) is 82.5 Å². The van der Waals surface area contributed by atoms with E-state index in [1.54, 1.807) is 10.9 Å². The zero-order chi connectivity index (χ0) is 11.0. The summed E-state index contributed by atoms with van der Waals surface area (Å²) in [5.41, 5.74) is 7.93. The lowest BCUT2D eigenvalue weighted by atomic mass is 10.3. The zero-order valence-corrected chi connectivity index (χ0v) is 8.28. The van der Waals surface area contributed by atoms with Crippen molar-refractivity contribution in [3.8, 4) is 5.82 Å². The minimum absolute atomic E-state index is 0.471. The van der Waals surface area contributed by atoms with Gasteiger partial charge in [0.25, 0.3) is 0 Å². The summed E-state index contributed by atoms with van der Waals surface area (Å²) in [7, 11) is 0. The molecule has 78 valence electrons. The molecule has 1 aromatic carbocycles. The maximum Gasteiger partial charge on any atom is 0.182 e. The molecule has 2 aromatic heterocycles. The maximum atomic E-state index is 5.79. The van der Waals surface area contributed by atoms with Crippen LogP contribution in [0.3, 0.4) is 0 Å². The Morgan fingerprint density at radius 2 is 2.06 bits per heavy atom. The molecule has 3 aromatic rings. The van der Waals surface area contributed by atoms with E-state index in [-0.39, 0.29) is 0 Å². The number of anilines is 1. The average Bonchev–Trinajstić information content (AvgIpc) is 2.74. The molecule has 2 N–H and O–H groups in total. The van der Waals surface area contributed by atoms with E-state index in [4.69, 9.17) is 5.73 Å². The Labute approximate surface area is 90.7 Å². The number of benzene rings is 1. The molecule has 0 aliphatic heterocycles. The molecule has 0 unspecified atom stereocenters. The van der Waals surface area contributed by atoms with Gasteiger partial charge >= 0.3 is 0 Å². The summed E-state index contributed by atoms with van der Waals surface area (Å²) in [5, 5.41) is 8.06. The van der Waals surface area contributed by atoms with Gasteiger partial charge in [-0.25, -0.2) is 9.97 Å². The molecular formula is C10H8N6. The van der Waals surface area contributed by atoms with Crippen molar-refractivity contribution in [1.82, 2.24) is 25.0 Å². The minimum Gasteiger partial charge on any atom is -0.394 e. The number of para-hydroxylation sites is 1. The standard InChI is InChI=1S/C10H8N6/c11-7-5-12-6-13-10(7)16-9-4-2-1-3-8(9)14-15-16/h1-6H,11H2. The molecule has 0 radical (unpaired) electrons. The number of nitrogen functional groups attached to an aromatic ring is 1. The lowest BCUT2D eigenvalue weighted by molar-refractivity contribution is 0.799. The van der Waals surface area contributed by atoms with Crippen molar-refractivity contribution in [3.63, 3.8) is 0 Å². The van der Waals surface area contributed by atoms with E-state index in [9.17, 15) is 0 Å². The summed E-state index contributed by atoms with van der Waals surface area (Å²) in [6.07, 6.45) is 2.97. The third-order valence-corrected chi connectivity index (χ3v) is 2.27. The summed E-state index contributed by atoms with van der Waals surface area (Å²) in [6.45, 7) is 0. The van der Waals surface area contributed by atoms with Crippen LogP contribution in [-0.2, 0) is 0 Å². The molecule has 2 heterocycles. The van der Waals surface area contributed by atoms with E-state index in [0.29, 0.717) is 11.5 Å². The van der Waals surface area contributed by atoms with Crippen molar-refractivity contribution < 1.29 is 0 Å². The van der Waals surface area contributed by atoms with Crippen LogP contribution in [0.1, 0.15) is 0 Å². The van der Waals surface area contributed by atoms with Gasteiger partial charge in [0, 0.05) is 0 Å². The second-order valence-electron chi connectivity index (χ2n) is 3.29. The highest BCUT2D eigenvalue weighted by molar-refractivity contribution is 5.76. The van der Waals surface area contributed by atoms with E-state index in [0.717, 1.165) is 11.0 Å². The molecule has 0 bridgehead atoms. The number of hydrogen-bond donors (Lipinski definition) is 1. The van der Waals surface area contributed by atoms with E-state index in [2.05, 4.69) is 20.3 Å². The predicted octanol–water partition coefficient (Wildman–Crippen LogP) is 0.793. The van der Waals surface area contributed by atoms with Gasteiger partial charge in [-0.1, -0.05) is 17.3 Å². The van der Waals surface area contributed by atoms with Gasteiger partial charge in [-0.15, -0.1) is 5.10 Å². The predicted molar refractivity (Wildman–Crippen MR) is 58.9 cm³/mol. The second kappa shape index (κ2) is 3.27. The highest BCUT2D eigenvalue weighted by Crippen LogP contribution is 2.17. The zero-order valence-electron chi connectivity index (χ0n) is 8.28. The molecule has 0 fully saturated rings. The van der Waals surface area contributed by atoms with Gasteiger partial charge in [0.2, 0.25) is 0 Å². The highest BCUT2D eigenvalue weighted by Gasteiger charge is 2.09. The first-order valence-electron chi connectivity index (χ1n) is 4.72. The third-order valence-electron chi connectivity index (χ3n) is 2.27. The van der Waals surface area contributed by atoms with E-state index >= 15 is 0 Å². The molecule has 0 atom stereocenters. The van der Waals surface area contributed by atoms with Crippen LogP contribution in [0.5, 0.6) is 0 Å². The largest absolute Gasteiger partial charge is 0.394 e. The highest BCUT2D eigenvalue weighted by atomic mass is 15.4. The number of nitrogens with zero attached hydrogens (tertiary/aromatic N) is 5. The summed E-state index contributed by atoms with van der Waals surface area (Å²) in [6, 6.07) is 7.62. The molecular weight excluding hydrogens is 204 g/mol. The Hall–Kier alpha value is -2.50. The first-order chi connectivity index (χ1) is 7.86. The van der Waals surface area contributed by atoms with Crippen LogP contribution >= 0.6 is 0 Å². The van der Waals surface area contributed by atoms with Crippen molar-refractivity contribution in [2.75, 3.05) is 5.73 Å². The Morgan fingerprint density at radius 3 is 2.94 bits per heavy atom. The molecule has 6 nitrogen and oxygen atoms in total. The molecule has 0 amide bonds. The molecule has 0 saturated carbocycles. The summed E-state index contributed by atoms with van der Waals surface area (Å²) >= 11 is 0. The van der Waals surface area contributed by atoms with Gasteiger partial charge < -0.3 is 5.73 Å². The van der Waals surface area contributed by atoms with E-state index < -0.39 is 0 Å². The van der Waals surface area contributed by atoms with Crippen LogP contribution < -0.4 is 5.73 Å². The average molecular weight is 212 g/mol. The number of nitrogens with two attached hydrogens (primary N) is 1. The smallest absolute Gasteiger partial charge is 0.182 e. The monoisotopic (exact) mass is 212 g/mol. The van der Waals surface area contributed by atoms with Gasteiger partial charge in [-0.3, -0.25) is 0 Å². The molecule has 0 saturated heterocycles. The molecule has 0 aliphatic carbocycles. The minimum atomic E-state index is 0.471. The fraction of sp³-hybridized carbons (Fsp3) is 0. The van der Waals surface area contributed by atoms with Crippen molar-refractivity contribution >= 4 is 16.7 Å². The SMILES string of the molecule is Nc1cncnc1-n1nnc2ccccc21. The fourth-order valence-electron chi connectivity index (χ4n) is 1.54.